The zero-order valence-electron chi connectivity index (χ0n) is 14.8. The van der Waals surface area contributed by atoms with Gasteiger partial charge in [-0.25, -0.2) is 15.0 Å². The van der Waals surface area contributed by atoms with Crippen molar-refractivity contribution in [3.8, 4) is 0 Å². The van der Waals surface area contributed by atoms with Gasteiger partial charge in [0.25, 0.3) is 5.91 Å². The normalized spacial score (nSPS) is 17.2. The monoisotopic (exact) mass is 380 g/mol. The first-order valence-electron chi connectivity index (χ1n) is 8.35. The van der Waals surface area contributed by atoms with Crippen LogP contribution in [0.15, 0.2) is 18.3 Å². The van der Waals surface area contributed by atoms with E-state index < -0.39 is 17.6 Å². The maximum atomic E-state index is 12.8. The van der Waals surface area contributed by atoms with Gasteiger partial charge in [-0.3, -0.25) is 4.79 Å². The largest absolute Gasteiger partial charge is 0.416 e. The minimum Gasteiger partial charge on any atom is -0.365 e. The van der Waals surface area contributed by atoms with Crippen LogP contribution in [0.5, 0.6) is 0 Å². The Morgan fingerprint density at radius 1 is 1.33 bits per heavy atom. The smallest absolute Gasteiger partial charge is 0.365 e. The highest BCUT2D eigenvalue weighted by molar-refractivity contribution is 5.89. The number of carbonyl (C=O) groups is 1. The van der Waals surface area contributed by atoms with Crippen LogP contribution < -0.4 is 16.0 Å². The predicted octanol–water partition coefficient (Wildman–Crippen LogP) is 2.30. The van der Waals surface area contributed by atoms with Crippen molar-refractivity contribution in [3.05, 3.63) is 41.0 Å². The second kappa shape index (κ2) is 7.01. The average molecular weight is 380 g/mol. The number of alkyl halides is 3. The molecule has 27 heavy (non-hydrogen) atoms. The van der Waals surface area contributed by atoms with Crippen LogP contribution in [-0.4, -0.2) is 40.0 Å². The van der Waals surface area contributed by atoms with E-state index in [9.17, 15) is 18.0 Å². The number of anilines is 2. The molecule has 0 aromatic carbocycles. The molecular formula is C17H19F3N6O. The standard InChI is InChI=1S/C17H19F3N6O/c1-9-10(2)23-15(14(21)27)25-16(9)26-6-4-12(8-26)24-13-7-11(3-5-22-13)17(18,19)20/h3,5,7,12H,4,6,8H2,1-2H3,(H2,21,27)(H,22,24)/t12-/m1/s1. The Morgan fingerprint density at radius 3 is 2.74 bits per heavy atom. The fourth-order valence-electron chi connectivity index (χ4n) is 3.00. The maximum absolute atomic E-state index is 12.8. The Bertz CT molecular complexity index is 870. The number of carbonyl (C=O) groups excluding carboxylic acids is 1. The number of nitrogens with zero attached hydrogens (tertiary/aromatic N) is 4. The van der Waals surface area contributed by atoms with Gasteiger partial charge in [0.1, 0.15) is 11.6 Å². The van der Waals surface area contributed by atoms with Crippen LogP contribution in [0, 0.1) is 13.8 Å². The summed E-state index contributed by atoms with van der Waals surface area (Å²) in [6, 6.07) is 1.83. The third kappa shape index (κ3) is 4.09. The third-order valence-electron chi connectivity index (χ3n) is 4.51. The molecule has 7 nitrogen and oxygen atoms in total. The topological polar surface area (TPSA) is 97.0 Å². The van der Waals surface area contributed by atoms with Crippen LogP contribution in [0.2, 0.25) is 0 Å². The van der Waals surface area contributed by atoms with Crippen molar-refractivity contribution in [2.45, 2.75) is 32.5 Å². The molecule has 1 saturated heterocycles. The van der Waals surface area contributed by atoms with Crippen molar-refractivity contribution in [1.82, 2.24) is 15.0 Å². The molecule has 2 aromatic rings. The Hall–Kier alpha value is -2.91. The van der Waals surface area contributed by atoms with Gasteiger partial charge in [0.05, 0.1) is 5.56 Å². The first kappa shape index (κ1) is 18.9. The Kier molecular flexibility index (Phi) is 4.90. The first-order valence-corrected chi connectivity index (χ1v) is 8.35. The molecule has 0 aliphatic carbocycles. The van der Waals surface area contributed by atoms with E-state index in [2.05, 4.69) is 20.3 Å². The van der Waals surface area contributed by atoms with E-state index in [1.165, 1.54) is 0 Å². The summed E-state index contributed by atoms with van der Waals surface area (Å²) in [5.74, 6) is 0.0214. The van der Waals surface area contributed by atoms with Gasteiger partial charge in [-0.2, -0.15) is 13.2 Å². The lowest BCUT2D eigenvalue weighted by atomic mass is 10.2. The first-order chi connectivity index (χ1) is 12.6. The fourth-order valence-corrected chi connectivity index (χ4v) is 3.00. The summed E-state index contributed by atoms with van der Waals surface area (Å²) >= 11 is 0. The van der Waals surface area contributed by atoms with Crippen LogP contribution in [0.3, 0.4) is 0 Å². The molecule has 0 saturated carbocycles. The molecule has 1 atom stereocenters. The summed E-state index contributed by atoms with van der Waals surface area (Å²) < 4.78 is 38.5. The molecule has 0 unspecified atom stereocenters. The SMILES string of the molecule is Cc1nc(C(N)=O)nc(N2CC[C@@H](Nc3cc(C(F)(F)F)ccn3)C2)c1C. The van der Waals surface area contributed by atoms with E-state index in [-0.39, 0.29) is 17.7 Å². The van der Waals surface area contributed by atoms with Gasteiger partial charge in [0.2, 0.25) is 5.82 Å². The lowest BCUT2D eigenvalue weighted by Crippen LogP contribution is -2.29. The molecule has 1 fully saturated rings. The summed E-state index contributed by atoms with van der Waals surface area (Å²) in [4.78, 5) is 25.7. The molecule has 1 aliphatic heterocycles. The second-order valence-corrected chi connectivity index (χ2v) is 6.45. The molecule has 0 bridgehead atoms. The number of rotatable bonds is 4. The van der Waals surface area contributed by atoms with Crippen LogP contribution in [0.25, 0.3) is 0 Å². The van der Waals surface area contributed by atoms with Gasteiger partial charge in [0.15, 0.2) is 0 Å². The molecule has 2 aromatic heterocycles. The highest BCUT2D eigenvalue weighted by Crippen LogP contribution is 2.30. The van der Waals surface area contributed by atoms with Crippen molar-refractivity contribution in [3.63, 3.8) is 0 Å². The Balaban J connectivity index is 1.76. The van der Waals surface area contributed by atoms with E-state index >= 15 is 0 Å². The number of aryl methyl sites for hydroxylation is 1. The molecule has 144 valence electrons. The van der Waals surface area contributed by atoms with Gasteiger partial charge in [0, 0.05) is 36.6 Å². The zero-order chi connectivity index (χ0) is 19.8. The van der Waals surface area contributed by atoms with Crippen LogP contribution >= 0.6 is 0 Å². The summed E-state index contributed by atoms with van der Waals surface area (Å²) in [6.45, 7) is 4.76. The van der Waals surface area contributed by atoms with E-state index in [0.717, 1.165) is 23.9 Å². The molecule has 0 spiro atoms. The Morgan fingerprint density at radius 2 is 2.07 bits per heavy atom. The minimum atomic E-state index is -4.41. The van der Waals surface area contributed by atoms with E-state index in [1.807, 2.05) is 11.8 Å². The van der Waals surface area contributed by atoms with Gasteiger partial charge >= 0.3 is 6.18 Å². The number of nitrogens with one attached hydrogen (secondary N) is 1. The number of aromatic nitrogens is 3. The number of amides is 1. The fraction of sp³-hybridized carbons (Fsp3) is 0.412. The van der Waals surface area contributed by atoms with E-state index in [4.69, 9.17) is 5.73 Å². The summed E-state index contributed by atoms with van der Waals surface area (Å²) in [5, 5.41) is 3.04. The molecule has 1 aliphatic rings. The van der Waals surface area contributed by atoms with Crippen molar-refractivity contribution in [1.29, 1.82) is 0 Å². The van der Waals surface area contributed by atoms with Gasteiger partial charge in [-0.05, 0) is 32.4 Å². The van der Waals surface area contributed by atoms with Gasteiger partial charge in [-0.1, -0.05) is 0 Å². The van der Waals surface area contributed by atoms with Crippen molar-refractivity contribution in [2.75, 3.05) is 23.3 Å². The summed E-state index contributed by atoms with van der Waals surface area (Å²) in [6.07, 6.45) is -2.59. The predicted molar refractivity (Wildman–Crippen MR) is 93.5 cm³/mol. The third-order valence-corrected chi connectivity index (χ3v) is 4.51. The molecule has 0 radical (unpaired) electrons. The van der Waals surface area contributed by atoms with Crippen LogP contribution in [0.4, 0.5) is 24.8 Å². The molecule has 10 heteroatoms. The highest BCUT2D eigenvalue weighted by atomic mass is 19.4. The molecule has 3 N–H and O–H groups in total. The molecule has 3 heterocycles. The Labute approximate surface area is 153 Å². The highest BCUT2D eigenvalue weighted by Gasteiger charge is 2.31. The van der Waals surface area contributed by atoms with Crippen LogP contribution in [-0.2, 0) is 6.18 Å². The second-order valence-electron chi connectivity index (χ2n) is 6.45. The quantitative estimate of drug-likeness (QED) is 0.845. The van der Waals surface area contributed by atoms with E-state index in [1.54, 1.807) is 6.92 Å². The average Bonchev–Trinajstić information content (AvgIpc) is 3.04. The summed E-state index contributed by atoms with van der Waals surface area (Å²) in [7, 11) is 0. The summed E-state index contributed by atoms with van der Waals surface area (Å²) in [5.41, 5.74) is 6.03. The van der Waals surface area contributed by atoms with Crippen molar-refractivity contribution >= 4 is 17.5 Å². The number of halogens is 3. The zero-order valence-corrected chi connectivity index (χ0v) is 14.8. The lowest BCUT2D eigenvalue weighted by Gasteiger charge is -2.21. The van der Waals surface area contributed by atoms with Gasteiger partial charge < -0.3 is 16.0 Å². The van der Waals surface area contributed by atoms with Crippen molar-refractivity contribution in [2.24, 2.45) is 5.73 Å². The number of hydrogen-bond acceptors (Lipinski definition) is 6. The lowest BCUT2D eigenvalue weighted by molar-refractivity contribution is -0.137. The van der Waals surface area contributed by atoms with Crippen LogP contribution in [0.1, 0.15) is 33.9 Å². The molecule has 1 amide bonds. The number of nitrogens with two attached hydrogens (primary N) is 1. The maximum Gasteiger partial charge on any atom is 0.416 e. The number of hydrogen-bond donors (Lipinski definition) is 2. The number of pyridine rings is 1. The van der Waals surface area contributed by atoms with Crippen molar-refractivity contribution < 1.29 is 18.0 Å². The molecular weight excluding hydrogens is 361 g/mol. The molecule has 3 rings (SSSR count). The van der Waals surface area contributed by atoms with Gasteiger partial charge in [-0.15, -0.1) is 0 Å². The number of primary amides is 1. The minimum absolute atomic E-state index is 0.0518. The van der Waals surface area contributed by atoms with E-state index in [0.29, 0.717) is 31.0 Å².